The molecule has 5 N–H and O–H groups in total. The minimum Gasteiger partial charge on any atom is -0.382 e. The van der Waals surface area contributed by atoms with E-state index in [4.69, 9.17) is 15.7 Å². The Balaban J connectivity index is 1.68. The zero-order valence-corrected chi connectivity index (χ0v) is 13.9. The maximum absolute atomic E-state index is 12.4. The SMILES string of the molecule is C[C@@H](NC(=O)c1cc(Nc2nccs2)ncn1)c1cc(C(=N)N)no1. The van der Waals surface area contributed by atoms with E-state index in [9.17, 15) is 4.79 Å². The van der Waals surface area contributed by atoms with Crippen LogP contribution < -0.4 is 16.4 Å². The number of anilines is 2. The molecule has 3 aromatic rings. The fourth-order valence-corrected chi connectivity index (χ4v) is 2.44. The Bertz CT molecular complexity index is 892. The summed E-state index contributed by atoms with van der Waals surface area (Å²) in [5.74, 6) is 0.232. The lowest BCUT2D eigenvalue weighted by atomic mass is 10.2. The van der Waals surface area contributed by atoms with Gasteiger partial charge < -0.3 is 20.9 Å². The molecule has 0 saturated carbocycles. The number of amides is 1. The quantitative estimate of drug-likeness (QED) is 0.381. The second kappa shape index (κ2) is 7.05. The zero-order chi connectivity index (χ0) is 17.8. The second-order valence-electron chi connectivity index (χ2n) is 4.97. The number of carbonyl (C=O) groups excluding carboxylic acids is 1. The molecule has 0 aliphatic rings. The Morgan fingerprint density at radius 1 is 1.32 bits per heavy atom. The average molecular weight is 358 g/mol. The summed E-state index contributed by atoms with van der Waals surface area (Å²) in [7, 11) is 0. The van der Waals surface area contributed by atoms with Crippen molar-refractivity contribution in [1.82, 2.24) is 25.4 Å². The van der Waals surface area contributed by atoms with Gasteiger partial charge in [-0.3, -0.25) is 10.2 Å². The summed E-state index contributed by atoms with van der Waals surface area (Å²) in [5.41, 5.74) is 5.74. The first kappa shape index (κ1) is 16.5. The fourth-order valence-electron chi connectivity index (χ4n) is 1.91. The van der Waals surface area contributed by atoms with Crippen LogP contribution in [0.4, 0.5) is 10.9 Å². The molecule has 128 valence electrons. The summed E-state index contributed by atoms with van der Waals surface area (Å²) in [6.07, 6.45) is 2.95. The van der Waals surface area contributed by atoms with Crippen molar-refractivity contribution in [2.75, 3.05) is 5.32 Å². The standard InChI is InChI=1S/C14H14N8O2S/c1-7(10-4-8(12(15)16)22-24-10)20-13(23)9-5-11(19-6-18-9)21-14-17-2-3-25-14/h2-7H,1H3,(H3,15,16)(H,20,23)(H,17,18,19,21)/t7-/m1/s1. The molecule has 0 aliphatic heterocycles. The number of carbonyl (C=O) groups is 1. The Labute approximate surface area is 146 Å². The van der Waals surface area contributed by atoms with Crippen molar-refractivity contribution in [1.29, 1.82) is 5.41 Å². The third kappa shape index (κ3) is 3.95. The van der Waals surface area contributed by atoms with E-state index in [2.05, 4.69) is 30.7 Å². The maximum atomic E-state index is 12.4. The van der Waals surface area contributed by atoms with Crippen LogP contribution in [0.5, 0.6) is 0 Å². The number of hydrogen-bond acceptors (Lipinski definition) is 9. The summed E-state index contributed by atoms with van der Waals surface area (Å²) in [5, 5.41) is 19.2. The van der Waals surface area contributed by atoms with E-state index in [0.717, 1.165) is 0 Å². The number of hydrogen-bond donors (Lipinski definition) is 4. The highest BCUT2D eigenvalue weighted by Crippen LogP contribution is 2.18. The van der Waals surface area contributed by atoms with Crippen molar-refractivity contribution in [2.45, 2.75) is 13.0 Å². The first-order valence-electron chi connectivity index (χ1n) is 7.13. The summed E-state index contributed by atoms with van der Waals surface area (Å²) < 4.78 is 5.08. The van der Waals surface area contributed by atoms with Gasteiger partial charge in [0.15, 0.2) is 10.9 Å². The second-order valence-corrected chi connectivity index (χ2v) is 5.87. The third-order valence-electron chi connectivity index (χ3n) is 3.15. The number of thiazole rings is 1. The molecule has 0 saturated heterocycles. The lowest BCUT2D eigenvalue weighted by Crippen LogP contribution is -2.27. The predicted octanol–water partition coefficient (Wildman–Crippen LogP) is 1.44. The van der Waals surface area contributed by atoms with Crippen LogP contribution in [0.1, 0.15) is 34.9 Å². The highest BCUT2D eigenvalue weighted by molar-refractivity contribution is 7.13. The van der Waals surface area contributed by atoms with Crippen molar-refractivity contribution in [3.8, 4) is 0 Å². The van der Waals surface area contributed by atoms with E-state index in [-0.39, 0.29) is 17.2 Å². The minimum atomic E-state index is -0.474. The number of amidine groups is 1. The smallest absolute Gasteiger partial charge is 0.270 e. The molecule has 1 amide bonds. The van der Waals surface area contributed by atoms with Crippen LogP contribution in [0.15, 0.2) is 34.6 Å². The molecule has 0 unspecified atom stereocenters. The van der Waals surface area contributed by atoms with Gasteiger partial charge in [0.2, 0.25) is 0 Å². The Morgan fingerprint density at radius 3 is 2.84 bits per heavy atom. The first-order valence-corrected chi connectivity index (χ1v) is 8.01. The Hall–Kier alpha value is -3.34. The van der Waals surface area contributed by atoms with Crippen molar-refractivity contribution in [3.05, 3.63) is 47.2 Å². The van der Waals surface area contributed by atoms with Crippen LogP contribution in [0.3, 0.4) is 0 Å². The number of nitrogen functional groups attached to an aromatic ring is 1. The molecule has 0 bridgehead atoms. The number of rotatable bonds is 6. The van der Waals surface area contributed by atoms with Crippen molar-refractivity contribution in [3.63, 3.8) is 0 Å². The van der Waals surface area contributed by atoms with E-state index in [1.165, 1.54) is 29.8 Å². The van der Waals surface area contributed by atoms with Gasteiger partial charge in [-0.25, -0.2) is 15.0 Å². The van der Waals surface area contributed by atoms with Crippen LogP contribution in [-0.4, -0.2) is 31.9 Å². The van der Waals surface area contributed by atoms with Crippen LogP contribution in [0, 0.1) is 5.41 Å². The predicted molar refractivity (Wildman–Crippen MR) is 90.8 cm³/mol. The topological polar surface area (TPSA) is 156 Å². The van der Waals surface area contributed by atoms with Gasteiger partial charge in [0.1, 0.15) is 29.4 Å². The van der Waals surface area contributed by atoms with Crippen molar-refractivity contribution < 1.29 is 9.32 Å². The van der Waals surface area contributed by atoms with Gasteiger partial charge >= 0.3 is 0 Å². The van der Waals surface area contributed by atoms with Crippen LogP contribution in [-0.2, 0) is 0 Å². The van der Waals surface area contributed by atoms with Gasteiger partial charge in [0.25, 0.3) is 5.91 Å². The number of aromatic nitrogens is 4. The summed E-state index contributed by atoms with van der Waals surface area (Å²) in [6, 6.07) is 2.55. The van der Waals surface area contributed by atoms with Gasteiger partial charge in [-0.1, -0.05) is 5.16 Å². The molecule has 0 fully saturated rings. The maximum Gasteiger partial charge on any atom is 0.270 e. The van der Waals surface area contributed by atoms with Crippen molar-refractivity contribution in [2.24, 2.45) is 5.73 Å². The lowest BCUT2D eigenvalue weighted by molar-refractivity contribution is 0.0928. The number of nitrogens with two attached hydrogens (primary N) is 1. The molecule has 25 heavy (non-hydrogen) atoms. The molecule has 3 rings (SSSR count). The number of nitrogens with one attached hydrogen (secondary N) is 3. The largest absolute Gasteiger partial charge is 0.382 e. The molecule has 11 heteroatoms. The molecule has 10 nitrogen and oxygen atoms in total. The molecular formula is C14H14N8O2S. The van der Waals surface area contributed by atoms with Crippen LogP contribution in [0.2, 0.25) is 0 Å². The normalized spacial score (nSPS) is 11.7. The van der Waals surface area contributed by atoms with E-state index < -0.39 is 11.9 Å². The Kier molecular flexibility index (Phi) is 4.66. The summed E-state index contributed by atoms with van der Waals surface area (Å²) >= 11 is 1.41. The molecular weight excluding hydrogens is 344 g/mol. The van der Waals surface area contributed by atoms with Gasteiger partial charge in [-0.05, 0) is 6.92 Å². The molecule has 3 heterocycles. The average Bonchev–Trinajstić information content (AvgIpc) is 3.26. The minimum absolute atomic E-state index is 0.187. The fraction of sp³-hybridized carbons (Fsp3) is 0.143. The number of nitrogens with zero attached hydrogens (tertiary/aromatic N) is 4. The van der Waals surface area contributed by atoms with Crippen molar-refractivity contribution >= 4 is 34.0 Å². The van der Waals surface area contributed by atoms with Gasteiger partial charge in [-0.2, -0.15) is 0 Å². The van der Waals surface area contributed by atoms with Crippen LogP contribution >= 0.6 is 11.3 Å². The zero-order valence-electron chi connectivity index (χ0n) is 13.1. The third-order valence-corrected chi connectivity index (χ3v) is 3.83. The molecule has 0 aromatic carbocycles. The Morgan fingerprint density at radius 2 is 2.16 bits per heavy atom. The lowest BCUT2D eigenvalue weighted by Gasteiger charge is -2.10. The van der Waals surface area contributed by atoms with Gasteiger partial charge in [-0.15, -0.1) is 11.3 Å². The van der Waals surface area contributed by atoms with E-state index in [0.29, 0.717) is 16.7 Å². The molecule has 0 spiro atoms. The van der Waals surface area contributed by atoms with E-state index in [1.54, 1.807) is 13.1 Å². The molecule has 1 atom stereocenters. The van der Waals surface area contributed by atoms with Gasteiger partial charge in [0.05, 0.1) is 6.04 Å². The van der Waals surface area contributed by atoms with E-state index >= 15 is 0 Å². The highest BCUT2D eigenvalue weighted by Gasteiger charge is 2.18. The van der Waals surface area contributed by atoms with Crippen LogP contribution in [0.25, 0.3) is 0 Å². The monoisotopic (exact) mass is 358 g/mol. The molecule has 0 aliphatic carbocycles. The van der Waals surface area contributed by atoms with E-state index in [1.807, 2.05) is 5.38 Å². The first-order chi connectivity index (χ1) is 12.0. The van der Waals surface area contributed by atoms with Gasteiger partial charge in [0, 0.05) is 23.7 Å². The summed E-state index contributed by atoms with van der Waals surface area (Å²) in [6.45, 7) is 1.72. The molecule has 3 aromatic heterocycles. The summed E-state index contributed by atoms with van der Waals surface area (Å²) in [4.78, 5) is 24.5. The highest BCUT2D eigenvalue weighted by atomic mass is 32.1. The molecule has 0 radical (unpaired) electrons.